The Labute approximate surface area is 178 Å². The molecule has 3 rings (SSSR count). The molecule has 8 heteroatoms. The van der Waals surface area contributed by atoms with Gasteiger partial charge < -0.3 is 14.5 Å². The number of hydrogen-bond acceptors (Lipinski definition) is 5. The quantitative estimate of drug-likeness (QED) is 0.729. The van der Waals surface area contributed by atoms with Crippen molar-refractivity contribution in [1.29, 1.82) is 0 Å². The van der Waals surface area contributed by atoms with E-state index in [1.54, 1.807) is 36.4 Å². The summed E-state index contributed by atoms with van der Waals surface area (Å²) in [5.41, 5.74) is 0.831. The minimum atomic E-state index is -3.77. The third-order valence-electron chi connectivity index (χ3n) is 5.22. The molecule has 1 N–H and O–H groups in total. The SMILES string of the molecule is CCOc1ccc(S(=O)(=O)Nc2cccc(C(=O)N3CCCC(N(C)C)C3)c2)cc1. The number of carbonyl (C=O) groups is 1. The monoisotopic (exact) mass is 431 g/mol. The molecule has 2 aromatic rings. The van der Waals surface area contributed by atoms with Crippen molar-refractivity contribution in [2.75, 3.05) is 38.5 Å². The lowest BCUT2D eigenvalue weighted by atomic mass is 10.0. The van der Waals surface area contributed by atoms with Crippen LogP contribution < -0.4 is 9.46 Å². The highest BCUT2D eigenvalue weighted by molar-refractivity contribution is 7.92. The number of nitrogens with zero attached hydrogens (tertiary/aromatic N) is 2. The molecule has 30 heavy (non-hydrogen) atoms. The molecular weight excluding hydrogens is 402 g/mol. The zero-order valence-corrected chi connectivity index (χ0v) is 18.5. The summed E-state index contributed by atoms with van der Waals surface area (Å²) in [4.78, 5) is 17.1. The minimum absolute atomic E-state index is 0.0799. The number of carbonyl (C=O) groups excluding carboxylic acids is 1. The number of benzene rings is 2. The molecule has 0 aromatic heterocycles. The van der Waals surface area contributed by atoms with E-state index in [2.05, 4.69) is 9.62 Å². The molecule has 1 aliphatic heterocycles. The van der Waals surface area contributed by atoms with E-state index in [0.717, 1.165) is 12.8 Å². The molecule has 1 unspecified atom stereocenters. The van der Waals surface area contributed by atoms with Crippen molar-refractivity contribution in [1.82, 2.24) is 9.80 Å². The fourth-order valence-electron chi connectivity index (χ4n) is 3.55. The fourth-order valence-corrected chi connectivity index (χ4v) is 4.60. The third kappa shape index (κ3) is 5.31. The molecule has 1 atom stereocenters. The van der Waals surface area contributed by atoms with Crippen molar-refractivity contribution in [2.24, 2.45) is 0 Å². The van der Waals surface area contributed by atoms with Crippen LogP contribution in [0.1, 0.15) is 30.1 Å². The molecule has 1 heterocycles. The largest absolute Gasteiger partial charge is 0.494 e. The van der Waals surface area contributed by atoms with Gasteiger partial charge in [0.05, 0.1) is 11.5 Å². The van der Waals surface area contributed by atoms with Gasteiger partial charge in [-0.15, -0.1) is 0 Å². The van der Waals surface area contributed by atoms with Crippen molar-refractivity contribution in [3.8, 4) is 5.75 Å². The number of nitrogens with one attached hydrogen (secondary N) is 1. The highest BCUT2D eigenvalue weighted by Gasteiger charge is 2.26. The average Bonchev–Trinajstić information content (AvgIpc) is 2.74. The number of rotatable bonds is 7. The number of likely N-dealkylation sites (N-methyl/N-ethyl adjacent to an activating group) is 1. The Bertz CT molecular complexity index is 974. The Kier molecular flexibility index (Phi) is 6.99. The molecule has 0 saturated carbocycles. The van der Waals surface area contributed by atoms with Gasteiger partial charge in [-0.05, 0) is 76.3 Å². The van der Waals surface area contributed by atoms with E-state index >= 15 is 0 Å². The van der Waals surface area contributed by atoms with Crippen LogP contribution in [0.2, 0.25) is 0 Å². The van der Waals surface area contributed by atoms with E-state index in [1.807, 2.05) is 25.9 Å². The highest BCUT2D eigenvalue weighted by atomic mass is 32.2. The van der Waals surface area contributed by atoms with E-state index in [-0.39, 0.29) is 10.8 Å². The van der Waals surface area contributed by atoms with Crippen LogP contribution in [0.3, 0.4) is 0 Å². The third-order valence-corrected chi connectivity index (χ3v) is 6.62. The number of hydrogen-bond donors (Lipinski definition) is 1. The lowest BCUT2D eigenvalue weighted by Crippen LogP contribution is -2.47. The second-order valence-corrected chi connectivity index (χ2v) is 9.28. The van der Waals surface area contributed by atoms with Crippen molar-refractivity contribution >= 4 is 21.6 Å². The van der Waals surface area contributed by atoms with Gasteiger partial charge in [0.15, 0.2) is 0 Å². The Balaban J connectivity index is 1.74. The Hall–Kier alpha value is -2.58. The molecule has 0 radical (unpaired) electrons. The predicted molar refractivity (Wildman–Crippen MR) is 117 cm³/mol. The lowest BCUT2D eigenvalue weighted by molar-refractivity contribution is 0.0635. The molecule has 1 fully saturated rings. The maximum Gasteiger partial charge on any atom is 0.261 e. The van der Waals surface area contributed by atoms with Crippen molar-refractivity contribution in [3.63, 3.8) is 0 Å². The second kappa shape index (κ2) is 9.49. The zero-order valence-electron chi connectivity index (χ0n) is 17.7. The molecule has 0 aliphatic carbocycles. The van der Waals surface area contributed by atoms with Crippen LogP contribution in [0.25, 0.3) is 0 Å². The summed E-state index contributed by atoms with van der Waals surface area (Å²) in [6.45, 7) is 3.77. The maximum atomic E-state index is 13.0. The summed E-state index contributed by atoms with van der Waals surface area (Å²) < 4.78 is 33.4. The first-order valence-electron chi connectivity index (χ1n) is 10.1. The fraction of sp³-hybridized carbons (Fsp3) is 0.409. The van der Waals surface area contributed by atoms with Gasteiger partial charge in [0, 0.05) is 30.4 Å². The zero-order chi connectivity index (χ0) is 21.7. The molecule has 1 amide bonds. The smallest absolute Gasteiger partial charge is 0.261 e. The Morgan fingerprint density at radius 3 is 2.60 bits per heavy atom. The number of likely N-dealkylation sites (tertiary alicyclic amines) is 1. The maximum absolute atomic E-state index is 13.0. The highest BCUT2D eigenvalue weighted by Crippen LogP contribution is 2.22. The molecule has 1 saturated heterocycles. The number of amides is 1. The van der Waals surface area contributed by atoms with E-state index in [0.29, 0.717) is 42.7 Å². The summed E-state index contributed by atoms with van der Waals surface area (Å²) in [7, 11) is 0.276. The summed E-state index contributed by atoms with van der Waals surface area (Å²) >= 11 is 0. The van der Waals surface area contributed by atoms with Crippen LogP contribution in [-0.4, -0.2) is 64.0 Å². The molecule has 1 aliphatic rings. The average molecular weight is 432 g/mol. The van der Waals surface area contributed by atoms with Crippen LogP contribution in [0.15, 0.2) is 53.4 Å². The van der Waals surface area contributed by atoms with E-state index in [9.17, 15) is 13.2 Å². The van der Waals surface area contributed by atoms with Crippen molar-refractivity contribution in [3.05, 3.63) is 54.1 Å². The first kappa shape index (κ1) is 22.1. The van der Waals surface area contributed by atoms with Gasteiger partial charge in [-0.25, -0.2) is 8.42 Å². The Morgan fingerprint density at radius 2 is 1.93 bits per heavy atom. The topological polar surface area (TPSA) is 78.9 Å². The van der Waals surface area contributed by atoms with Gasteiger partial charge >= 0.3 is 0 Å². The van der Waals surface area contributed by atoms with Gasteiger partial charge in [-0.1, -0.05) is 6.07 Å². The van der Waals surface area contributed by atoms with Crippen LogP contribution in [0, 0.1) is 0 Å². The second-order valence-electron chi connectivity index (χ2n) is 7.60. The number of sulfonamides is 1. The molecular formula is C22H29N3O4S. The molecule has 7 nitrogen and oxygen atoms in total. The predicted octanol–water partition coefficient (Wildman–Crippen LogP) is 3.05. The van der Waals surface area contributed by atoms with Gasteiger partial charge in [-0.2, -0.15) is 0 Å². The van der Waals surface area contributed by atoms with Crippen molar-refractivity contribution in [2.45, 2.75) is 30.7 Å². The number of piperidine rings is 1. The number of ether oxygens (including phenoxy) is 1. The van der Waals surface area contributed by atoms with Gasteiger partial charge in [-0.3, -0.25) is 9.52 Å². The van der Waals surface area contributed by atoms with Gasteiger partial charge in [0.1, 0.15) is 5.75 Å². The minimum Gasteiger partial charge on any atom is -0.494 e. The molecule has 162 valence electrons. The number of anilines is 1. The van der Waals surface area contributed by atoms with Crippen LogP contribution in [-0.2, 0) is 10.0 Å². The van der Waals surface area contributed by atoms with E-state index in [4.69, 9.17) is 4.74 Å². The van der Waals surface area contributed by atoms with Gasteiger partial charge in [0.2, 0.25) is 0 Å². The first-order chi connectivity index (χ1) is 14.3. The molecule has 0 spiro atoms. The van der Waals surface area contributed by atoms with Crippen molar-refractivity contribution < 1.29 is 17.9 Å². The van der Waals surface area contributed by atoms with E-state index in [1.165, 1.54) is 12.1 Å². The standard InChI is InChI=1S/C22H29N3O4S/c1-4-29-20-10-12-21(13-11-20)30(27,28)23-18-8-5-7-17(15-18)22(26)25-14-6-9-19(16-25)24(2)3/h5,7-8,10-13,15,19,23H,4,6,9,14,16H2,1-3H3. The molecule has 2 aromatic carbocycles. The van der Waals surface area contributed by atoms with Crippen LogP contribution in [0.4, 0.5) is 5.69 Å². The summed E-state index contributed by atoms with van der Waals surface area (Å²) in [5.74, 6) is 0.533. The van der Waals surface area contributed by atoms with Gasteiger partial charge in [0.25, 0.3) is 15.9 Å². The summed E-state index contributed by atoms with van der Waals surface area (Å²) in [6, 6.07) is 13.2. The van der Waals surface area contributed by atoms with Crippen LogP contribution in [0.5, 0.6) is 5.75 Å². The molecule has 0 bridgehead atoms. The summed E-state index contributed by atoms with van der Waals surface area (Å²) in [6.07, 6.45) is 2.03. The summed E-state index contributed by atoms with van der Waals surface area (Å²) in [5, 5.41) is 0. The van der Waals surface area contributed by atoms with E-state index < -0.39 is 10.0 Å². The normalized spacial score (nSPS) is 17.1. The lowest BCUT2D eigenvalue weighted by Gasteiger charge is -2.36. The van der Waals surface area contributed by atoms with Crippen LogP contribution >= 0.6 is 0 Å². The Morgan fingerprint density at radius 1 is 1.20 bits per heavy atom. The first-order valence-corrected chi connectivity index (χ1v) is 11.6.